The second kappa shape index (κ2) is 12.5. The number of likely N-dealkylation sites (tertiary alicyclic amines) is 1. The molecule has 1 aliphatic heterocycles. The highest BCUT2D eigenvalue weighted by Crippen LogP contribution is 2.25. The minimum atomic E-state index is -0.344. The summed E-state index contributed by atoms with van der Waals surface area (Å²) in [6.07, 6.45) is 4.67. The number of nitrogens with zero attached hydrogens (tertiary/aromatic N) is 5. The lowest BCUT2D eigenvalue weighted by atomic mass is 9.99. The van der Waals surface area contributed by atoms with Crippen LogP contribution in [-0.2, 0) is 18.4 Å². The minimum absolute atomic E-state index is 0.139. The van der Waals surface area contributed by atoms with E-state index in [0.29, 0.717) is 43.9 Å². The summed E-state index contributed by atoms with van der Waals surface area (Å²) in [6, 6.07) is 18.4. The number of hydrogen-bond donors (Lipinski definition) is 1. The van der Waals surface area contributed by atoms with Crippen molar-refractivity contribution in [3.8, 4) is 11.3 Å². The van der Waals surface area contributed by atoms with E-state index in [1.54, 1.807) is 16.6 Å². The fourth-order valence-electron chi connectivity index (χ4n) is 4.51. The molecule has 1 aliphatic rings. The molecule has 4 aromatic rings. The molecular weight excluding hydrogens is 480 g/mol. The minimum Gasteiger partial charge on any atom is -0.406 e. The van der Waals surface area contributed by atoms with Gasteiger partial charge in [0.1, 0.15) is 17.9 Å². The van der Waals surface area contributed by atoms with E-state index in [4.69, 9.17) is 10.6 Å². The number of hydrogen-bond acceptors (Lipinski definition) is 6. The van der Waals surface area contributed by atoms with Crippen LogP contribution in [0, 0.1) is 0 Å². The Hall–Kier alpha value is -3.98. The lowest BCUT2D eigenvalue weighted by molar-refractivity contribution is -0.120. The molecular formula is C29H36N6O3. The van der Waals surface area contributed by atoms with Crippen molar-refractivity contribution in [2.45, 2.75) is 51.7 Å². The van der Waals surface area contributed by atoms with Crippen LogP contribution in [-0.4, -0.2) is 50.0 Å². The highest BCUT2D eigenvalue weighted by Gasteiger charge is 2.22. The van der Waals surface area contributed by atoms with Crippen LogP contribution in [0.3, 0.4) is 0 Å². The van der Waals surface area contributed by atoms with E-state index in [2.05, 4.69) is 54.3 Å². The second-order valence-corrected chi connectivity index (χ2v) is 9.61. The Bertz CT molecular complexity index is 1390. The summed E-state index contributed by atoms with van der Waals surface area (Å²) in [4.78, 5) is 35.6. The van der Waals surface area contributed by atoms with Crippen LogP contribution < -0.4 is 16.1 Å². The molecule has 1 unspecified atom stereocenters. The van der Waals surface area contributed by atoms with Crippen molar-refractivity contribution in [2.75, 3.05) is 13.1 Å². The van der Waals surface area contributed by atoms with Crippen LogP contribution >= 0.6 is 0 Å². The second-order valence-electron chi connectivity index (χ2n) is 9.61. The first-order chi connectivity index (χ1) is 18.4. The first-order valence-corrected chi connectivity index (χ1v) is 13.1. The van der Waals surface area contributed by atoms with Gasteiger partial charge in [-0.05, 0) is 23.5 Å². The van der Waals surface area contributed by atoms with E-state index in [9.17, 15) is 9.59 Å². The van der Waals surface area contributed by atoms with Crippen molar-refractivity contribution in [3.63, 3.8) is 0 Å². The van der Waals surface area contributed by atoms with E-state index in [1.807, 2.05) is 24.3 Å². The van der Waals surface area contributed by atoms with Crippen molar-refractivity contribution < 1.29 is 9.63 Å². The van der Waals surface area contributed by atoms with Crippen LogP contribution in [0.25, 0.3) is 22.3 Å². The Morgan fingerprint density at radius 2 is 1.76 bits per heavy atom. The molecule has 0 spiro atoms. The first kappa shape index (κ1) is 27.1. The monoisotopic (exact) mass is 516 g/mol. The Labute approximate surface area is 222 Å². The molecule has 0 bridgehead atoms. The van der Waals surface area contributed by atoms with Gasteiger partial charge >= 0.3 is 5.56 Å². The van der Waals surface area contributed by atoms with E-state index in [1.165, 1.54) is 18.3 Å². The van der Waals surface area contributed by atoms with Gasteiger partial charge in [-0.3, -0.25) is 14.3 Å². The van der Waals surface area contributed by atoms with Gasteiger partial charge in [0.25, 0.3) is 0 Å². The Kier molecular flexibility index (Phi) is 8.91. The molecule has 5 rings (SSSR count). The molecule has 0 saturated carbocycles. The summed E-state index contributed by atoms with van der Waals surface area (Å²) >= 11 is 0. The molecule has 2 aromatic carbocycles. The SMILES string of the molecule is CCC(C)c1ccccc1.Cn1nc2c(=O)n(OC3CCN(C=O)CC3)cnc2c1-c1ccc(CN)cc1. The van der Waals surface area contributed by atoms with Crippen molar-refractivity contribution in [3.05, 3.63) is 82.4 Å². The largest absolute Gasteiger partial charge is 0.406 e. The number of piperidine rings is 1. The summed E-state index contributed by atoms with van der Waals surface area (Å²) in [5, 5.41) is 4.37. The van der Waals surface area contributed by atoms with Gasteiger partial charge in [0.15, 0.2) is 5.52 Å². The van der Waals surface area contributed by atoms with Gasteiger partial charge in [-0.15, -0.1) is 4.73 Å². The maximum atomic E-state index is 12.9. The number of carbonyl (C=O) groups excluding carboxylic acids is 1. The van der Waals surface area contributed by atoms with Crippen molar-refractivity contribution >= 4 is 17.4 Å². The van der Waals surface area contributed by atoms with E-state index >= 15 is 0 Å². The van der Waals surface area contributed by atoms with E-state index in [0.717, 1.165) is 28.0 Å². The van der Waals surface area contributed by atoms with Crippen molar-refractivity contribution in [2.24, 2.45) is 12.8 Å². The number of amides is 1. The molecule has 1 fully saturated rings. The van der Waals surface area contributed by atoms with E-state index < -0.39 is 0 Å². The molecule has 2 N–H and O–H groups in total. The molecule has 1 amide bonds. The molecule has 1 saturated heterocycles. The number of rotatable bonds is 7. The molecule has 3 heterocycles. The average molecular weight is 517 g/mol. The molecule has 200 valence electrons. The highest BCUT2D eigenvalue weighted by atomic mass is 16.7. The molecule has 2 aromatic heterocycles. The van der Waals surface area contributed by atoms with Crippen LogP contribution in [0.5, 0.6) is 0 Å². The van der Waals surface area contributed by atoms with Gasteiger partial charge in [0.2, 0.25) is 6.41 Å². The molecule has 38 heavy (non-hydrogen) atoms. The molecule has 0 radical (unpaired) electrons. The third-order valence-electron chi connectivity index (χ3n) is 7.05. The van der Waals surface area contributed by atoms with Gasteiger partial charge < -0.3 is 15.5 Å². The zero-order valence-electron chi connectivity index (χ0n) is 22.3. The number of benzene rings is 2. The normalized spacial score (nSPS) is 14.6. The lowest BCUT2D eigenvalue weighted by Gasteiger charge is -2.29. The number of fused-ring (bicyclic) bond motifs is 1. The van der Waals surface area contributed by atoms with Crippen LogP contribution in [0.1, 0.15) is 50.2 Å². The molecule has 9 nitrogen and oxygen atoms in total. The maximum absolute atomic E-state index is 12.9. The summed E-state index contributed by atoms with van der Waals surface area (Å²) in [5.41, 5.74) is 10.3. The third kappa shape index (κ3) is 6.11. The predicted octanol–water partition coefficient (Wildman–Crippen LogP) is 3.51. The van der Waals surface area contributed by atoms with Crippen LogP contribution in [0.2, 0.25) is 0 Å². The quantitative estimate of drug-likeness (QED) is 0.377. The zero-order chi connectivity index (χ0) is 27.1. The third-order valence-corrected chi connectivity index (χ3v) is 7.05. The molecule has 0 aliphatic carbocycles. The van der Waals surface area contributed by atoms with Crippen molar-refractivity contribution in [1.29, 1.82) is 0 Å². The fourth-order valence-corrected chi connectivity index (χ4v) is 4.51. The molecule has 1 atom stereocenters. The number of aryl methyl sites for hydroxylation is 1. The van der Waals surface area contributed by atoms with Gasteiger partial charge in [0.05, 0.1) is 5.69 Å². The Morgan fingerprint density at radius 3 is 2.37 bits per heavy atom. The van der Waals surface area contributed by atoms with Crippen LogP contribution in [0.15, 0.2) is 65.7 Å². The van der Waals surface area contributed by atoms with Gasteiger partial charge in [-0.25, -0.2) is 4.98 Å². The first-order valence-electron chi connectivity index (χ1n) is 13.1. The maximum Gasteiger partial charge on any atom is 0.314 e. The molecule has 9 heteroatoms. The topological polar surface area (TPSA) is 108 Å². The summed E-state index contributed by atoms with van der Waals surface area (Å²) in [7, 11) is 1.79. The number of nitrogens with two attached hydrogens (primary N) is 1. The Balaban J connectivity index is 0.000000283. The van der Waals surface area contributed by atoms with Crippen molar-refractivity contribution in [1.82, 2.24) is 24.4 Å². The standard InChI is InChI=1S/C19H22N6O3.C10H14/c1-23-18(14-4-2-13(10-20)3-5-14)16-17(22-23)19(27)25(11-21-16)28-15-6-8-24(12-26)9-7-15;1-3-9(2)10-7-5-4-6-8-10/h2-5,11-12,15H,6-10,20H2,1H3;4-9H,3H2,1-2H3. The van der Waals surface area contributed by atoms with Gasteiger partial charge in [-0.2, -0.15) is 5.10 Å². The average Bonchev–Trinajstić information content (AvgIpc) is 3.31. The Morgan fingerprint density at radius 1 is 1.08 bits per heavy atom. The summed E-state index contributed by atoms with van der Waals surface area (Å²) in [6.45, 7) is 6.18. The van der Waals surface area contributed by atoms with Gasteiger partial charge in [0, 0.05) is 45.1 Å². The van der Waals surface area contributed by atoms with Crippen LogP contribution in [0.4, 0.5) is 0 Å². The summed E-state index contributed by atoms with van der Waals surface area (Å²) in [5.74, 6) is 0.709. The number of carbonyl (C=O) groups is 1. The smallest absolute Gasteiger partial charge is 0.314 e. The zero-order valence-corrected chi connectivity index (χ0v) is 22.3. The lowest BCUT2D eigenvalue weighted by Crippen LogP contribution is -2.42. The fraction of sp³-hybridized carbons (Fsp3) is 0.379. The van der Waals surface area contributed by atoms with Gasteiger partial charge in [-0.1, -0.05) is 68.4 Å². The van der Waals surface area contributed by atoms with E-state index in [-0.39, 0.29) is 17.2 Å². The predicted molar refractivity (Wildman–Crippen MR) is 148 cm³/mol. The summed E-state index contributed by atoms with van der Waals surface area (Å²) < 4.78 is 2.81. The number of aromatic nitrogens is 4. The highest BCUT2D eigenvalue weighted by molar-refractivity contribution is 5.89.